The first-order valence-corrected chi connectivity index (χ1v) is 7.54. The highest BCUT2D eigenvalue weighted by atomic mass is 16.3. The Morgan fingerprint density at radius 2 is 1.86 bits per heavy atom. The second-order valence-electron chi connectivity index (χ2n) is 5.74. The van der Waals surface area contributed by atoms with Crippen molar-refractivity contribution >= 4 is 0 Å². The molecule has 1 saturated heterocycles. The smallest absolute Gasteiger partial charge is 0.0679 e. The van der Waals surface area contributed by atoms with Gasteiger partial charge < -0.3 is 10.8 Å². The Morgan fingerprint density at radius 1 is 1.10 bits per heavy atom. The number of nitrogens with two attached hydrogens (primary N) is 1. The van der Waals surface area contributed by atoms with E-state index in [0.717, 1.165) is 26.1 Å². The molecule has 1 atom stereocenters. The minimum Gasteiger partial charge on any atom is -0.392 e. The summed E-state index contributed by atoms with van der Waals surface area (Å²) in [5, 5.41) is 9.57. The van der Waals surface area contributed by atoms with E-state index in [1.165, 1.54) is 22.3 Å². The van der Waals surface area contributed by atoms with Gasteiger partial charge in [-0.3, -0.25) is 4.90 Å². The van der Waals surface area contributed by atoms with E-state index in [2.05, 4.69) is 41.3 Å². The van der Waals surface area contributed by atoms with E-state index in [1.807, 2.05) is 12.1 Å². The summed E-state index contributed by atoms with van der Waals surface area (Å²) >= 11 is 0. The average molecular weight is 282 g/mol. The van der Waals surface area contributed by atoms with Crippen LogP contribution in [-0.4, -0.2) is 29.2 Å². The van der Waals surface area contributed by atoms with Crippen LogP contribution in [0.5, 0.6) is 0 Å². The number of aliphatic hydroxyl groups excluding tert-OH is 1. The summed E-state index contributed by atoms with van der Waals surface area (Å²) in [7, 11) is 0. The third-order valence-corrected chi connectivity index (χ3v) is 4.16. The molecule has 1 unspecified atom stereocenters. The van der Waals surface area contributed by atoms with E-state index in [1.54, 1.807) is 0 Å². The SMILES string of the molecule is NCc1ccccc1-c1ccc(CN2CCC(O)C2)cc1. The number of aliphatic hydroxyl groups is 1. The van der Waals surface area contributed by atoms with Crippen LogP contribution in [0.4, 0.5) is 0 Å². The van der Waals surface area contributed by atoms with Gasteiger partial charge in [0.25, 0.3) is 0 Å². The monoisotopic (exact) mass is 282 g/mol. The molecule has 0 aliphatic carbocycles. The molecule has 1 aliphatic heterocycles. The van der Waals surface area contributed by atoms with Crippen molar-refractivity contribution in [2.24, 2.45) is 5.73 Å². The Kier molecular flexibility index (Phi) is 4.34. The zero-order valence-electron chi connectivity index (χ0n) is 12.2. The van der Waals surface area contributed by atoms with Crippen molar-refractivity contribution in [2.45, 2.75) is 25.6 Å². The lowest BCUT2D eigenvalue weighted by Gasteiger charge is -2.15. The van der Waals surface area contributed by atoms with Crippen molar-refractivity contribution in [1.29, 1.82) is 0 Å². The quantitative estimate of drug-likeness (QED) is 0.905. The maximum atomic E-state index is 9.57. The standard InChI is InChI=1S/C18H22N2O/c19-11-16-3-1-2-4-18(16)15-7-5-14(6-8-15)12-20-10-9-17(21)13-20/h1-8,17,21H,9-13,19H2. The van der Waals surface area contributed by atoms with Crippen LogP contribution >= 0.6 is 0 Å². The number of β-amino-alcohol motifs (C(OH)–C–C–N with tert-alkyl or cyclic N) is 1. The van der Waals surface area contributed by atoms with E-state index >= 15 is 0 Å². The van der Waals surface area contributed by atoms with Crippen LogP contribution in [-0.2, 0) is 13.1 Å². The lowest BCUT2D eigenvalue weighted by atomic mass is 9.99. The van der Waals surface area contributed by atoms with Crippen molar-refractivity contribution in [3.05, 3.63) is 59.7 Å². The van der Waals surface area contributed by atoms with Crippen LogP contribution in [0.2, 0.25) is 0 Å². The van der Waals surface area contributed by atoms with Gasteiger partial charge in [0.15, 0.2) is 0 Å². The molecule has 0 spiro atoms. The molecule has 2 aromatic carbocycles. The Balaban J connectivity index is 1.74. The van der Waals surface area contributed by atoms with Crippen LogP contribution < -0.4 is 5.73 Å². The van der Waals surface area contributed by atoms with Gasteiger partial charge in [-0.15, -0.1) is 0 Å². The van der Waals surface area contributed by atoms with E-state index < -0.39 is 0 Å². The van der Waals surface area contributed by atoms with Crippen molar-refractivity contribution in [3.8, 4) is 11.1 Å². The zero-order valence-corrected chi connectivity index (χ0v) is 12.2. The molecule has 1 fully saturated rings. The first-order valence-electron chi connectivity index (χ1n) is 7.54. The summed E-state index contributed by atoms with van der Waals surface area (Å²) in [4.78, 5) is 2.30. The highest BCUT2D eigenvalue weighted by Gasteiger charge is 2.19. The van der Waals surface area contributed by atoms with Crippen LogP contribution in [0.1, 0.15) is 17.5 Å². The van der Waals surface area contributed by atoms with Gasteiger partial charge in [-0.1, -0.05) is 48.5 Å². The lowest BCUT2D eigenvalue weighted by Crippen LogP contribution is -2.21. The van der Waals surface area contributed by atoms with Crippen molar-refractivity contribution in [3.63, 3.8) is 0 Å². The summed E-state index contributed by atoms with van der Waals surface area (Å²) < 4.78 is 0. The third-order valence-electron chi connectivity index (χ3n) is 4.16. The first-order chi connectivity index (χ1) is 10.3. The van der Waals surface area contributed by atoms with Crippen LogP contribution in [0, 0.1) is 0 Å². The van der Waals surface area contributed by atoms with Crippen molar-refractivity contribution in [2.75, 3.05) is 13.1 Å². The summed E-state index contributed by atoms with van der Waals surface area (Å²) in [6.07, 6.45) is 0.739. The van der Waals surface area contributed by atoms with Gasteiger partial charge in [0.05, 0.1) is 6.10 Å². The number of rotatable bonds is 4. The molecule has 3 N–H and O–H groups in total. The number of hydrogen-bond acceptors (Lipinski definition) is 3. The second kappa shape index (κ2) is 6.39. The topological polar surface area (TPSA) is 49.5 Å². The number of benzene rings is 2. The van der Waals surface area contributed by atoms with Crippen LogP contribution in [0.25, 0.3) is 11.1 Å². The number of nitrogens with zero attached hydrogens (tertiary/aromatic N) is 1. The maximum Gasteiger partial charge on any atom is 0.0679 e. The van der Waals surface area contributed by atoms with Gasteiger partial charge in [-0.2, -0.15) is 0 Å². The van der Waals surface area contributed by atoms with E-state index in [9.17, 15) is 5.11 Å². The fourth-order valence-electron chi connectivity index (χ4n) is 2.98. The zero-order chi connectivity index (χ0) is 14.7. The Bertz CT molecular complexity index is 594. The maximum absolute atomic E-state index is 9.57. The molecule has 0 bridgehead atoms. The number of likely N-dealkylation sites (tertiary alicyclic amines) is 1. The van der Waals surface area contributed by atoms with Gasteiger partial charge in [-0.25, -0.2) is 0 Å². The predicted octanol–water partition coefficient (Wildman–Crippen LogP) is 2.38. The van der Waals surface area contributed by atoms with Gasteiger partial charge >= 0.3 is 0 Å². The predicted molar refractivity (Wildman–Crippen MR) is 85.7 cm³/mol. The molecule has 0 radical (unpaired) electrons. The molecule has 0 aromatic heterocycles. The minimum absolute atomic E-state index is 0.152. The lowest BCUT2D eigenvalue weighted by molar-refractivity contribution is 0.175. The largest absolute Gasteiger partial charge is 0.392 e. The first kappa shape index (κ1) is 14.3. The highest BCUT2D eigenvalue weighted by Crippen LogP contribution is 2.24. The van der Waals surface area contributed by atoms with Gasteiger partial charge in [-0.05, 0) is 28.7 Å². The van der Waals surface area contributed by atoms with Gasteiger partial charge in [0.1, 0.15) is 0 Å². The molecule has 0 saturated carbocycles. The molecule has 2 aromatic rings. The molecule has 3 rings (SSSR count). The molecule has 21 heavy (non-hydrogen) atoms. The molecule has 3 nitrogen and oxygen atoms in total. The highest BCUT2D eigenvalue weighted by molar-refractivity contribution is 5.67. The van der Waals surface area contributed by atoms with Gasteiger partial charge in [0.2, 0.25) is 0 Å². The Labute approximate surface area is 126 Å². The second-order valence-corrected chi connectivity index (χ2v) is 5.74. The van der Waals surface area contributed by atoms with Gasteiger partial charge in [0, 0.05) is 26.2 Å². The molecule has 110 valence electrons. The molecular formula is C18H22N2O. The van der Waals surface area contributed by atoms with E-state index in [4.69, 9.17) is 5.73 Å². The normalized spacial score (nSPS) is 19.0. The third kappa shape index (κ3) is 3.32. The molecule has 1 heterocycles. The number of hydrogen-bond donors (Lipinski definition) is 2. The van der Waals surface area contributed by atoms with Crippen LogP contribution in [0.15, 0.2) is 48.5 Å². The van der Waals surface area contributed by atoms with E-state index in [-0.39, 0.29) is 6.10 Å². The fraction of sp³-hybridized carbons (Fsp3) is 0.333. The summed E-state index contributed by atoms with van der Waals surface area (Å²) in [6.45, 7) is 3.25. The molecule has 3 heteroatoms. The average Bonchev–Trinajstić information content (AvgIpc) is 2.93. The fourth-order valence-corrected chi connectivity index (χ4v) is 2.98. The van der Waals surface area contributed by atoms with Crippen molar-refractivity contribution in [1.82, 2.24) is 4.90 Å². The van der Waals surface area contributed by atoms with Crippen molar-refractivity contribution < 1.29 is 5.11 Å². The summed E-state index contributed by atoms with van der Waals surface area (Å²) in [5.74, 6) is 0. The molecular weight excluding hydrogens is 260 g/mol. The summed E-state index contributed by atoms with van der Waals surface area (Å²) in [5.41, 5.74) is 10.7. The molecule has 0 amide bonds. The molecule has 1 aliphatic rings. The Morgan fingerprint density at radius 3 is 2.52 bits per heavy atom. The van der Waals surface area contributed by atoms with E-state index in [0.29, 0.717) is 6.54 Å². The summed E-state index contributed by atoms with van der Waals surface area (Å²) in [6, 6.07) is 16.9. The minimum atomic E-state index is -0.152. The Hall–Kier alpha value is -1.68. The van der Waals surface area contributed by atoms with Crippen LogP contribution in [0.3, 0.4) is 0 Å².